The third kappa shape index (κ3) is 2.82. The Morgan fingerprint density at radius 2 is 2.31 bits per heavy atom. The van der Waals surface area contributed by atoms with E-state index < -0.39 is 0 Å². The maximum absolute atomic E-state index is 11.7. The molecule has 4 heteroatoms. The van der Waals surface area contributed by atoms with Crippen LogP contribution in [0.25, 0.3) is 0 Å². The van der Waals surface area contributed by atoms with E-state index in [1.807, 2.05) is 19.1 Å². The van der Waals surface area contributed by atoms with Gasteiger partial charge in [-0.15, -0.1) is 0 Å². The fraction of sp³-hybridized carbons (Fsp3) is 0.583. The van der Waals surface area contributed by atoms with Gasteiger partial charge in [0.2, 0.25) is 5.91 Å². The van der Waals surface area contributed by atoms with Crippen LogP contribution in [0.2, 0.25) is 0 Å². The highest BCUT2D eigenvalue weighted by Crippen LogP contribution is 2.49. The second kappa shape index (κ2) is 4.53. The predicted octanol–water partition coefficient (Wildman–Crippen LogP) is 2.30. The summed E-state index contributed by atoms with van der Waals surface area (Å²) in [5.41, 5.74) is 0.187. The molecule has 0 radical (unpaired) electrons. The Labute approximate surface area is 101 Å². The Morgan fingerprint density at radius 1 is 1.56 bits per heavy atom. The number of aryl methyl sites for hydroxylation is 1. The third-order valence-electron chi connectivity index (χ3n) is 3.08. The van der Waals surface area contributed by atoms with Crippen LogP contribution in [0, 0.1) is 12.3 Å². The Balaban J connectivity index is 1.76. The van der Waals surface area contributed by atoms with Gasteiger partial charge in [-0.05, 0) is 43.1 Å². The molecule has 16 heavy (non-hydrogen) atoms. The molecule has 1 aliphatic carbocycles. The van der Waals surface area contributed by atoms with Gasteiger partial charge < -0.3 is 9.73 Å². The second-order valence-corrected chi connectivity index (χ2v) is 4.94. The van der Waals surface area contributed by atoms with Crippen molar-refractivity contribution in [3.8, 4) is 0 Å². The maximum Gasteiger partial charge on any atom is 0.220 e. The summed E-state index contributed by atoms with van der Waals surface area (Å²) in [6.07, 6.45) is 2.85. The molecule has 1 heterocycles. The highest BCUT2D eigenvalue weighted by atomic mass is 32.1. The van der Waals surface area contributed by atoms with E-state index in [0.717, 1.165) is 30.1 Å². The van der Waals surface area contributed by atoms with Crippen molar-refractivity contribution in [1.29, 1.82) is 0 Å². The van der Waals surface area contributed by atoms with E-state index in [0.29, 0.717) is 13.0 Å². The molecule has 0 aromatic carbocycles. The monoisotopic (exact) mass is 239 g/mol. The quantitative estimate of drug-likeness (QED) is 0.774. The van der Waals surface area contributed by atoms with E-state index in [1.165, 1.54) is 0 Å². The molecule has 0 saturated heterocycles. The third-order valence-corrected chi connectivity index (χ3v) is 3.75. The van der Waals surface area contributed by atoms with Crippen molar-refractivity contribution in [2.45, 2.75) is 32.7 Å². The summed E-state index contributed by atoms with van der Waals surface area (Å²) in [5, 5.41) is 2.88. The summed E-state index contributed by atoms with van der Waals surface area (Å²) < 4.78 is 5.38. The fourth-order valence-corrected chi connectivity index (χ4v) is 2.16. The fourth-order valence-electron chi connectivity index (χ4n) is 1.74. The number of thiol groups is 1. The topological polar surface area (TPSA) is 42.2 Å². The molecule has 1 aromatic rings. The zero-order chi connectivity index (χ0) is 11.6. The minimum Gasteiger partial charge on any atom is -0.465 e. The van der Waals surface area contributed by atoms with Crippen molar-refractivity contribution in [1.82, 2.24) is 5.32 Å². The Morgan fingerprint density at radius 3 is 2.81 bits per heavy atom. The standard InChI is InChI=1S/C12H17NO2S/c1-9-2-3-10(15-9)7-13-11(14)6-12(8-16)4-5-12/h2-3,16H,4-8H2,1H3,(H,13,14). The minimum atomic E-state index is 0.0978. The summed E-state index contributed by atoms with van der Waals surface area (Å²) in [6.45, 7) is 2.38. The van der Waals surface area contributed by atoms with Crippen LogP contribution in [-0.2, 0) is 11.3 Å². The molecule has 0 aliphatic heterocycles. The lowest BCUT2D eigenvalue weighted by Crippen LogP contribution is -2.26. The van der Waals surface area contributed by atoms with Gasteiger partial charge in [0.25, 0.3) is 0 Å². The predicted molar refractivity (Wildman–Crippen MR) is 65.4 cm³/mol. The van der Waals surface area contributed by atoms with Crippen LogP contribution in [0.3, 0.4) is 0 Å². The van der Waals surface area contributed by atoms with E-state index in [4.69, 9.17) is 4.42 Å². The lowest BCUT2D eigenvalue weighted by atomic mass is 10.1. The van der Waals surface area contributed by atoms with Crippen molar-refractivity contribution < 1.29 is 9.21 Å². The number of furan rings is 1. The number of hydrogen-bond donors (Lipinski definition) is 2. The lowest BCUT2D eigenvalue weighted by molar-refractivity contribution is -0.122. The van der Waals surface area contributed by atoms with Crippen molar-refractivity contribution in [3.63, 3.8) is 0 Å². The number of carbonyl (C=O) groups is 1. The van der Waals surface area contributed by atoms with Crippen molar-refractivity contribution in [2.24, 2.45) is 5.41 Å². The first-order chi connectivity index (χ1) is 7.63. The summed E-state index contributed by atoms with van der Waals surface area (Å²) >= 11 is 4.28. The number of nitrogens with one attached hydrogen (secondary N) is 1. The molecule has 3 nitrogen and oxygen atoms in total. The largest absolute Gasteiger partial charge is 0.465 e. The zero-order valence-electron chi connectivity index (χ0n) is 9.45. The van der Waals surface area contributed by atoms with Gasteiger partial charge in [0.15, 0.2) is 0 Å². The Kier molecular flexibility index (Phi) is 3.28. The Hall–Kier alpha value is -0.900. The highest BCUT2D eigenvalue weighted by molar-refractivity contribution is 7.80. The molecule has 0 atom stereocenters. The molecule has 0 unspecified atom stereocenters. The first kappa shape index (κ1) is 11.6. The van der Waals surface area contributed by atoms with E-state index in [2.05, 4.69) is 17.9 Å². The summed E-state index contributed by atoms with van der Waals surface area (Å²) in [5.74, 6) is 2.58. The first-order valence-corrected chi connectivity index (χ1v) is 6.20. The molecule has 0 bridgehead atoms. The normalized spacial score (nSPS) is 17.1. The lowest BCUT2D eigenvalue weighted by Gasteiger charge is -2.10. The molecule has 0 spiro atoms. The van der Waals surface area contributed by atoms with Gasteiger partial charge in [0.1, 0.15) is 11.5 Å². The van der Waals surface area contributed by atoms with Crippen LogP contribution in [0.4, 0.5) is 0 Å². The molecule has 1 aromatic heterocycles. The smallest absolute Gasteiger partial charge is 0.220 e. The van der Waals surface area contributed by atoms with E-state index >= 15 is 0 Å². The van der Waals surface area contributed by atoms with Gasteiger partial charge in [-0.1, -0.05) is 0 Å². The number of carbonyl (C=O) groups excluding carboxylic acids is 1. The molecule has 1 N–H and O–H groups in total. The number of hydrogen-bond acceptors (Lipinski definition) is 3. The SMILES string of the molecule is Cc1ccc(CNC(=O)CC2(CS)CC2)o1. The molecule has 1 fully saturated rings. The van der Waals surface area contributed by atoms with Gasteiger partial charge in [0.05, 0.1) is 6.54 Å². The van der Waals surface area contributed by atoms with Crippen molar-refractivity contribution >= 4 is 18.5 Å². The molecule has 1 amide bonds. The summed E-state index contributed by atoms with van der Waals surface area (Å²) in [6, 6.07) is 3.79. The second-order valence-electron chi connectivity index (χ2n) is 4.62. The average molecular weight is 239 g/mol. The van der Waals surface area contributed by atoms with Gasteiger partial charge in [-0.2, -0.15) is 12.6 Å². The van der Waals surface area contributed by atoms with Crippen LogP contribution in [0.5, 0.6) is 0 Å². The molecule has 88 valence electrons. The maximum atomic E-state index is 11.7. The van der Waals surface area contributed by atoms with Gasteiger partial charge in [-0.25, -0.2) is 0 Å². The van der Waals surface area contributed by atoms with E-state index in [-0.39, 0.29) is 11.3 Å². The van der Waals surface area contributed by atoms with Crippen LogP contribution in [0.15, 0.2) is 16.5 Å². The van der Waals surface area contributed by atoms with Crippen LogP contribution in [-0.4, -0.2) is 11.7 Å². The average Bonchev–Trinajstić information content (AvgIpc) is 2.91. The molecular weight excluding hydrogens is 222 g/mol. The summed E-state index contributed by atoms with van der Waals surface area (Å²) in [4.78, 5) is 11.7. The number of rotatable bonds is 5. The van der Waals surface area contributed by atoms with Crippen LogP contribution in [0.1, 0.15) is 30.8 Å². The van der Waals surface area contributed by atoms with Crippen LogP contribution >= 0.6 is 12.6 Å². The highest BCUT2D eigenvalue weighted by Gasteiger charge is 2.42. The molecule has 2 rings (SSSR count). The molecular formula is C12H17NO2S. The van der Waals surface area contributed by atoms with Gasteiger partial charge in [-0.3, -0.25) is 4.79 Å². The summed E-state index contributed by atoms with van der Waals surface area (Å²) in [7, 11) is 0. The first-order valence-electron chi connectivity index (χ1n) is 5.56. The van der Waals surface area contributed by atoms with Crippen molar-refractivity contribution in [2.75, 3.05) is 5.75 Å². The van der Waals surface area contributed by atoms with Gasteiger partial charge >= 0.3 is 0 Å². The van der Waals surface area contributed by atoms with E-state index in [9.17, 15) is 4.79 Å². The number of amides is 1. The van der Waals surface area contributed by atoms with E-state index in [1.54, 1.807) is 0 Å². The minimum absolute atomic E-state index is 0.0978. The van der Waals surface area contributed by atoms with Gasteiger partial charge in [0, 0.05) is 6.42 Å². The Bertz CT molecular complexity index is 382. The van der Waals surface area contributed by atoms with Crippen LogP contribution < -0.4 is 5.32 Å². The van der Waals surface area contributed by atoms with Crippen molar-refractivity contribution in [3.05, 3.63) is 23.7 Å². The molecule has 1 saturated carbocycles. The molecule has 1 aliphatic rings. The zero-order valence-corrected chi connectivity index (χ0v) is 10.3.